The predicted octanol–water partition coefficient (Wildman–Crippen LogP) is 2.45. The number of rotatable bonds is 5. The standard InChI is InChI=1S/C12H14F2O3S/c1-8(2)10(15)7-9-5-3-4-6-11(9)18(16,17)12(13)14/h3-6,8,12H,7H2,1-2H3. The number of sulfone groups is 1. The number of alkyl halides is 2. The van der Waals surface area contributed by atoms with Crippen molar-refractivity contribution in [3.63, 3.8) is 0 Å². The van der Waals surface area contributed by atoms with Gasteiger partial charge in [-0.15, -0.1) is 0 Å². The Bertz CT molecular complexity index is 536. The molecule has 0 bridgehead atoms. The van der Waals surface area contributed by atoms with Gasteiger partial charge in [-0.2, -0.15) is 8.78 Å². The minimum absolute atomic E-state index is 0.122. The highest BCUT2D eigenvalue weighted by Gasteiger charge is 2.29. The van der Waals surface area contributed by atoms with Gasteiger partial charge in [0.15, 0.2) is 0 Å². The van der Waals surface area contributed by atoms with Crippen molar-refractivity contribution in [3.8, 4) is 0 Å². The molecule has 6 heteroatoms. The van der Waals surface area contributed by atoms with E-state index in [1.807, 2.05) is 0 Å². The molecule has 0 radical (unpaired) electrons. The van der Waals surface area contributed by atoms with E-state index >= 15 is 0 Å². The molecule has 18 heavy (non-hydrogen) atoms. The molecule has 0 heterocycles. The van der Waals surface area contributed by atoms with E-state index in [0.717, 1.165) is 6.07 Å². The van der Waals surface area contributed by atoms with Crippen LogP contribution in [-0.2, 0) is 21.1 Å². The van der Waals surface area contributed by atoms with Crippen molar-refractivity contribution in [1.82, 2.24) is 0 Å². The first-order chi connectivity index (χ1) is 8.26. The van der Waals surface area contributed by atoms with Gasteiger partial charge in [-0.3, -0.25) is 4.79 Å². The third-order valence-electron chi connectivity index (χ3n) is 2.52. The van der Waals surface area contributed by atoms with E-state index < -0.39 is 20.5 Å². The monoisotopic (exact) mass is 276 g/mol. The van der Waals surface area contributed by atoms with E-state index in [-0.39, 0.29) is 23.7 Å². The second-order valence-corrected chi connectivity index (χ2v) is 6.10. The first-order valence-corrected chi connectivity index (χ1v) is 6.94. The Morgan fingerprint density at radius 2 is 1.78 bits per heavy atom. The number of ketones is 1. The molecule has 0 aliphatic carbocycles. The fraction of sp³-hybridized carbons (Fsp3) is 0.417. The largest absolute Gasteiger partial charge is 0.341 e. The van der Waals surface area contributed by atoms with Crippen LogP contribution in [0.5, 0.6) is 0 Å². The summed E-state index contributed by atoms with van der Waals surface area (Å²) >= 11 is 0. The Kier molecular flexibility index (Phi) is 4.56. The summed E-state index contributed by atoms with van der Waals surface area (Å²) in [6.45, 7) is 3.35. The zero-order chi connectivity index (χ0) is 13.9. The molecule has 0 saturated heterocycles. The Labute approximate surface area is 105 Å². The Morgan fingerprint density at radius 1 is 1.22 bits per heavy atom. The van der Waals surface area contributed by atoms with Crippen LogP contribution < -0.4 is 0 Å². The van der Waals surface area contributed by atoms with Crippen LogP contribution >= 0.6 is 0 Å². The number of hydrogen-bond donors (Lipinski definition) is 0. The molecule has 1 rings (SSSR count). The molecule has 100 valence electrons. The zero-order valence-electron chi connectivity index (χ0n) is 10.1. The molecule has 0 spiro atoms. The fourth-order valence-electron chi connectivity index (χ4n) is 1.42. The average molecular weight is 276 g/mol. The van der Waals surface area contributed by atoms with Crippen LogP contribution in [0.3, 0.4) is 0 Å². The summed E-state index contributed by atoms with van der Waals surface area (Å²) in [4.78, 5) is 11.1. The van der Waals surface area contributed by atoms with E-state index in [1.165, 1.54) is 18.2 Å². The number of carbonyl (C=O) groups is 1. The van der Waals surface area contributed by atoms with Gasteiger partial charge in [-0.25, -0.2) is 8.42 Å². The highest BCUT2D eigenvalue weighted by molar-refractivity contribution is 7.91. The van der Waals surface area contributed by atoms with Crippen molar-refractivity contribution in [3.05, 3.63) is 29.8 Å². The molecule has 0 aromatic heterocycles. The molecule has 0 amide bonds. The van der Waals surface area contributed by atoms with E-state index in [4.69, 9.17) is 0 Å². The van der Waals surface area contributed by atoms with Crippen molar-refractivity contribution in [1.29, 1.82) is 0 Å². The fourth-order valence-corrected chi connectivity index (χ4v) is 2.38. The number of carbonyl (C=O) groups excluding carboxylic acids is 1. The SMILES string of the molecule is CC(C)C(=O)Cc1ccccc1S(=O)(=O)C(F)F. The quantitative estimate of drug-likeness (QED) is 0.830. The third-order valence-corrected chi connectivity index (χ3v) is 4.00. The van der Waals surface area contributed by atoms with Crippen molar-refractivity contribution in [2.45, 2.75) is 30.9 Å². The van der Waals surface area contributed by atoms with Crippen LogP contribution in [0.1, 0.15) is 19.4 Å². The number of halogens is 2. The predicted molar refractivity (Wildman–Crippen MR) is 63.2 cm³/mol. The lowest BCUT2D eigenvalue weighted by atomic mass is 10.0. The highest BCUT2D eigenvalue weighted by atomic mass is 32.2. The van der Waals surface area contributed by atoms with Gasteiger partial charge in [0, 0.05) is 12.3 Å². The molecule has 0 aliphatic rings. The van der Waals surface area contributed by atoms with Gasteiger partial charge < -0.3 is 0 Å². The van der Waals surface area contributed by atoms with Gasteiger partial charge >= 0.3 is 5.76 Å². The van der Waals surface area contributed by atoms with Gasteiger partial charge in [0.25, 0.3) is 0 Å². The molecule has 0 saturated carbocycles. The molecule has 0 atom stereocenters. The van der Waals surface area contributed by atoms with Crippen LogP contribution in [0.25, 0.3) is 0 Å². The second-order valence-electron chi connectivity index (χ2n) is 4.21. The third kappa shape index (κ3) is 3.13. The summed E-state index contributed by atoms with van der Waals surface area (Å²) in [5, 5.41) is 0. The summed E-state index contributed by atoms with van der Waals surface area (Å²) in [6.07, 6.45) is -0.153. The minimum atomic E-state index is -4.66. The molecule has 1 aromatic rings. The van der Waals surface area contributed by atoms with Crippen LogP contribution in [0.2, 0.25) is 0 Å². The van der Waals surface area contributed by atoms with Crippen molar-refractivity contribution in [2.75, 3.05) is 0 Å². The molecular weight excluding hydrogens is 262 g/mol. The molecule has 1 aromatic carbocycles. The first kappa shape index (κ1) is 14.8. The number of benzene rings is 1. The van der Waals surface area contributed by atoms with E-state index in [9.17, 15) is 22.0 Å². The molecular formula is C12H14F2O3S. The Hall–Kier alpha value is -1.30. The lowest BCUT2D eigenvalue weighted by Crippen LogP contribution is -2.17. The minimum Gasteiger partial charge on any atom is -0.299 e. The summed E-state index contributed by atoms with van der Waals surface area (Å²) < 4.78 is 47.9. The maximum atomic E-state index is 12.5. The van der Waals surface area contributed by atoms with Crippen molar-refractivity contribution < 1.29 is 22.0 Å². The van der Waals surface area contributed by atoms with Crippen LogP contribution in [0.15, 0.2) is 29.2 Å². The van der Waals surface area contributed by atoms with Gasteiger partial charge in [0.05, 0.1) is 4.90 Å². The van der Waals surface area contributed by atoms with Crippen LogP contribution in [0, 0.1) is 5.92 Å². The molecule has 0 aliphatic heterocycles. The number of Topliss-reactive ketones (excluding diaryl/α,β-unsaturated/α-hetero) is 1. The molecule has 0 unspecified atom stereocenters. The first-order valence-electron chi connectivity index (χ1n) is 5.39. The molecule has 3 nitrogen and oxygen atoms in total. The van der Waals surface area contributed by atoms with E-state index in [0.29, 0.717) is 0 Å². The molecule has 0 fully saturated rings. The molecule has 0 N–H and O–H groups in total. The normalized spacial score (nSPS) is 12.1. The Balaban J connectivity index is 3.20. The maximum Gasteiger partial charge on any atom is 0.341 e. The summed E-state index contributed by atoms with van der Waals surface area (Å²) in [5.41, 5.74) is 0.122. The van der Waals surface area contributed by atoms with Gasteiger partial charge in [-0.05, 0) is 11.6 Å². The maximum absolute atomic E-state index is 12.5. The topological polar surface area (TPSA) is 51.2 Å². The summed E-state index contributed by atoms with van der Waals surface area (Å²) in [7, 11) is -4.66. The van der Waals surface area contributed by atoms with Crippen molar-refractivity contribution in [2.24, 2.45) is 5.92 Å². The van der Waals surface area contributed by atoms with E-state index in [1.54, 1.807) is 13.8 Å². The van der Waals surface area contributed by atoms with Gasteiger partial charge in [0.1, 0.15) is 5.78 Å². The van der Waals surface area contributed by atoms with Crippen molar-refractivity contribution >= 4 is 15.6 Å². The van der Waals surface area contributed by atoms with Crippen LogP contribution in [0.4, 0.5) is 8.78 Å². The summed E-state index contributed by atoms with van der Waals surface area (Å²) in [6, 6.07) is 5.37. The van der Waals surface area contributed by atoms with Gasteiger partial charge in [-0.1, -0.05) is 32.0 Å². The number of hydrogen-bond acceptors (Lipinski definition) is 3. The highest BCUT2D eigenvalue weighted by Crippen LogP contribution is 2.23. The second kappa shape index (κ2) is 5.56. The van der Waals surface area contributed by atoms with E-state index in [2.05, 4.69) is 0 Å². The zero-order valence-corrected chi connectivity index (χ0v) is 10.9. The van der Waals surface area contributed by atoms with Gasteiger partial charge in [0.2, 0.25) is 9.84 Å². The average Bonchev–Trinajstić information content (AvgIpc) is 2.29. The summed E-state index contributed by atoms with van der Waals surface area (Å²) in [5.74, 6) is -3.94. The lowest BCUT2D eigenvalue weighted by molar-refractivity contribution is -0.121. The lowest BCUT2D eigenvalue weighted by Gasteiger charge is -2.10. The van der Waals surface area contributed by atoms with Crippen LogP contribution in [-0.4, -0.2) is 20.0 Å². The smallest absolute Gasteiger partial charge is 0.299 e. The Morgan fingerprint density at radius 3 is 2.28 bits per heavy atom.